The Hall–Kier alpha value is -1.12. The quantitative estimate of drug-likeness (QED) is 0.264. The van der Waals surface area contributed by atoms with Gasteiger partial charge in [-0.15, -0.1) is 0 Å². The van der Waals surface area contributed by atoms with Gasteiger partial charge in [-0.2, -0.15) is 5.26 Å². The summed E-state index contributed by atoms with van der Waals surface area (Å²) in [5.74, 6) is 0.773. The number of hydrogen-bond donors (Lipinski definition) is 0. The first-order valence-electron chi connectivity index (χ1n) is 9.93. The van der Waals surface area contributed by atoms with Gasteiger partial charge in [-0.25, -0.2) is 0 Å². The van der Waals surface area contributed by atoms with Crippen LogP contribution in [0.5, 0.6) is 0 Å². The summed E-state index contributed by atoms with van der Waals surface area (Å²) in [7, 11) is -0.411. The molecule has 0 unspecified atom stereocenters. The first-order valence-corrected chi connectivity index (χ1v) is 12.8. The van der Waals surface area contributed by atoms with E-state index >= 15 is 0 Å². The van der Waals surface area contributed by atoms with Gasteiger partial charge in [0.1, 0.15) is 0 Å². The molecule has 26 heavy (non-hydrogen) atoms. The Bertz CT molecular complexity index is 585. The summed E-state index contributed by atoms with van der Waals surface area (Å²) in [6.45, 7) is 11.3. The third kappa shape index (κ3) is 4.78. The van der Waals surface area contributed by atoms with Crippen molar-refractivity contribution in [2.45, 2.75) is 83.5 Å². The largest absolute Gasteiger partial charge is 0.469 e. The van der Waals surface area contributed by atoms with Gasteiger partial charge in [0.15, 0.2) is 8.32 Å². The van der Waals surface area contributed by atoms with Crippen LogP contribution in [0.3, 0.4) is 0 Å². The number of nitriles is 1. The maximum absolute atomic E-state index is 11.2. The minimum absolute atomic E-state index is 0.0123. The van der Waals surface area contributed by atoms with Crippen LogP contribution in [-0.2, 0) is 14.0 Å². The van der Waals surface area contributed by atoms with Crippen molar-refractivity contribution in [3.63, 3.8) is 0 Å². The normalized spacial score (nSPS) is 28.4. The lowest BCUT2D eigenvalue weighted by Crippen LogP contribution is -2.45. The van der Waals surface area contributed by atoms with Crippen LogP contribution in [0, 0.1) is 29.1 Å². The number of rotatable bonds is 7. The summed E-state index contributed by atoms with van der Waals surface area (Å²) in [5, 5.41) is 9.95. The first kappa shape index (κ1) is 21.2. The van der Waals surface area contributed by atoms with Crippen molar-refractivity contribution in [2.75, 3.05) is 7.11 Å². The molecule has 2 aliphatic carbocycles. The SMILES string of the molecule is COC(=O)CCCCC1=C[C@H]2[C@@H](C1)C[C@@H](O[Si](C)(C)C(C)(C)C)[C@@H]2C#N. The second-order valence-corrected chi connectivity index (χ2v) is 14.2. The fourth-order valence-corrected chi connectivity index (χ4v) is 5.39. The number of unbranched alkanes of at least 4 members (excludes halogenated alkanes) is 1. The second-order valence-electron chi connectivity index (χ2n) is 9.46. The molecule has 0 heterocycles. The average molecular weight is 378 g/mol. The molecule has 0 aromatic heterocycles. The number of allylic oxidation sites excluding steroid dienone is 2. The molecule has 0 aromatic rings. The zero-order valence-corrected chi connectivity index (χ0v) is 18.3. The zero-order chi connectivity index (χ0) is 19.5. The van der Waals surface area contributed by atoms with Gasteiger partial charge in [0.25, 0.3) is 0 Å². The number of methoxy groups -OCH3 is 1. The number of hydrogen-bond acceptors (Lipinski definition) is 4. The standard InChI is InChI=1S/C21H35NO3Si/c1-21(2,3)26(5,6)25-19-13-16-11-15(12-17(16)18(19)14-22)9-7-8-10-20(23)24-4/h12,16-19H,7-11,13H2,1-6H3/t16-,17-,18+,19+/m0/s1. The molecule has 0 N–H and O–H groups in total. The molecule has 4 nitrogen and oxygen atoms in total. The maximum atomic E-state index is 11.2. The molecule has 0 aromatic carbocycles. The van der Waals surface area contributed by atoms with Crippen molar-refractivity contribution >= 4 is 14.3 Å². The molecule has 2 rings (SSSR count). The zero-order valence-electron chi connectivity index (χ0n) is 17.3. The molecule has 0 spiro atoms. The van der Waals surface area contributed by atoms with E-state index in [2.05, 4.69) is 50.7 Å². The van der Waals surface area contributed by atoms with Crippen molar-refractivity contribution in [1.29, 1.82) is 5.26 Å². The monoisotopic (exact) mass is 377 g/mol. The molecule has 0 aliphatic heterocycles. The van der Waals surface area contributed by atoms with Gasteiger partial charge in [-0.1, -0.05) is 32.4 Å². The highest BCUT2D eigenvalue weighted by atomic mass is 28.4. The van der Waals surface area contributed by atoms with Gasteiger partial charge in [-0.05, 0) is 62.1 Å². The Morgan fingerprint density at radius 3 is 2.62 bits per heavy atom. The third-order valence-corrected chi connectivity index (χ3v) is 11.1. The van der Waals surface area contributed by atoms with Crippen molar-refractivity contribution in [2.24, 2.45) is 17.8 Å². The van der Waals surface area contributed by atoms with Crippen LogP contribution >= 0.6 is 0 Å². The number of fused-ring (bicyclic) bond motifs is 1. The second kappa shape index (κ2) is 8.27. The van der Waals surface area contributed by atoms with Gasteiger partial charge in [-0.3, -0.25) is 4.79 Å². The minimum atomic E-state index is -1.85. The van der Waals surface area contributed by atoms with Crippen molar-refractivity contribution in [3.05, 3.63) is 11.6 Å². The molecular weight excluding hydrogens is 342 g/mol. The Morgan fingerprint density at radius 1 is 1.35 bits per heavy atom. The van der Waals surface area contributed by atoms with Gasteiger partial charge in [0.05, 0.1) is 25.2 Å². The summed E-state index contributed by atoms with van der Waals surface area (Å²) in [4.78, 5) is 11.2. The van der Waals surface area contributed by atoms with E-state index in [-0.39, 0.29) is 23.0 Å². The fraction of sp³-hybridized carbons (Fsp3) is 0.810. The Labute approximate surface area is 160 Å². The molecule has 4 atom stereocenters. The molecule has 1 saturated carbocycles. The van der Waals surface area contributed by atoms with Crippen LogP contribution in [0.4, 0.5) is 0 Å². The number of carbonyl (C=O) groups excluding carboxylic acids is 1. The van der Waals surface area contributed by atoms with E-state index in [1.54, 1.807) is 0 Å². The maximum Gasteiger partial charge on any atom is 0.305 e. The topological polar surface area (TPSA) is 59.3 Å². The molecular formula is C21H35NO3Si. The highest BCUT2D eigenvalue weighted by Crippen LogP contribution is 2.50. The Kier molecular flexibility index (Phi) is 6.74. The minimum Gasteiger partial charge on any atom is -0.469 e. The molecule has 0 radical (unpaired) electrons. The first-order chi connectivity index (χ1) is 12.1. The van der Waals surface area contributed by atoms with E-state index < -0.39 is 8.32 Å². The van der Waals surface area contributed by atoms with Gasteiger partial charge >= 0.3 is 5.97 Å². The molecule has 0 saturated heterocycles. The van der Waals surface area contributed by atoms with Crippen LogP contribution in [0.2, 0.25) is 18.1 Å². The van der Waals surface area contributed by atoms with Crippen LogP contribution in [0.25, 0.3) is 0 Å². The lowest BCUT2D eigenvalue weighted by molar-refractivity contribution is -0.140. The average Bonchev–Trinajstić information content (AvgIpc) is 3.06. The van der Waals surface area contributed by atoms with Crippen LogP contribution in [0.15, 0.2) is 11.6 Å². The van der Waals surface area contributed by atoms with Crippen molar-refractivity contribution < 1.29 is 14.0 Å². The lowest BCUT2D eigenvalue weighted by Gasteiger charge is -2.39. The Balaban J connectivity index is 1.92. The van der Waals surface area contributed by atoms with Crippen molar-refractivity contribution in [3.8, 4) is 6.07 Å². The van der Waals surface area contributed by atoms with E-state index in [1.165, 1.54) is 12.7 Å². The fourth-order valence-electron chi connectivity index (χ4n) is 4.03. The molecule has 2 aliphatic rings. The summed E-state index contributed by atoms with van der Waals surface area (Å²) in [6, 6.07) is 2.56. The van der Waals surface area contributed by atoms with Crippen molar-refractivity contribution in [1.82, 2.24) is 0 Å². The number of carbonyl (C=O) groups is 1. The number of esters is 1. The van der Waals surface area contributed by atoms with Crippen LogP contribution in [0.1, 0.15) is 59.3 Å². The van der Waals surface area contributed by atoms with Crippen LogP contribution in [-0.4, -0.2) is 27.5 Å². The molecule has 0 bridgehead atoms. The summed E-state index contributed by atoms with van der Waals surface area (Å²) in [6.07, 6.45) is 7.98. The highest BCUT2D eigenvalue weighted by Gasteiger charge is 2.49. The van der Waals surface area contributed by atoms with E-state index in [1.807, 2.05) is 0 Å². The van der Waals surface area contributed by atoms with E-state index in [0.717, 1.165) is 32.1 Å². The molecule has 5 heteroatoms. The van der Waals surface area contributed by atoms with E-state index in [0.29, 0.717) is 18.3 Å². The smallest absolute Gasteiger partial charge is 0.305 e. The number of ether oxygens (including phenoxy) is 1. The van der Waals surface area contributed by atoms with Gasteiger partial charge < -0.3 is 9.16 Å². The van der Waals surface area contributed by atoms with Crippen LogP contribution < -0.4 is 0 Å². The summed E-state index contributed by atoms with van der Waals surface area (Å²) >= 11 is 0. The van der Waals surface area contributed by atoms with E-state index in [9.17, 15) is 10.1 Å². The Morgan fingerprint density at radius 2 is 2.04 bits per heavy atom. The van der Waals surface area contributed by atoms with Gasteiger partial charge in [0.2, 0.25) is 0 Å². The highest BCUT2D eigenvalue weighted by molar-refractivity contribution is 6.74. The molecule has 1 fully saturated rings. The van der Waals surface area contributed by atoms with E-state index in [4.69, 9.17) is 4.43 Å². The predicted octanol–water partition coefficient (Wildman–Crippen LogP) is 5.22. The third-order valence-electron chi connectivity index (χ3n) is 6.60. The predicted molar refractivity (Wildman–Crippen MR) is 106 cm³/mol. The number of nitrogens with zero attached hydrogens (tertiary/aromatic N) is 1. The summed E-state index contributed by atoms with van der Waals surface area (Å²) in [5.41, 5.74) is 1.47. The molecule has 146 valence electrons. The molecule has 0 amide bonds. The van der Waals surface area contributed by atoms with Gasteiger partial charge in [0, 0.05) is 6.42 Å². The lowest BCUT2D eigenvalue weighted by atomic mass is 9.93. The summed E-state index contributed by atoms with van der Waals surface area (Å²) < 4.78 is 11.3.